The van der Waals surface area contributed by atoms with Gasteiger partial charge in [0.25, 0.3) is 0 Å². The Morgan fingerprint density at radius 3 is 1.83 bits per heavy atom. The van der Waals surface area contributed by atoms with E-state index in [4.69, 9.17) is 13.8 Å². The van der Waals surface area contributed by atoms with E-state index < -0.39 is 20.5 Å². The van der Waals surface area contributed by atoms with Crippen molar-refractivity contribution in [2.75, 3.05) is 47.5 Å². The molecule has 0 saturated carbocycles. The Bertz CT molecular complexity index is 762. The van der Waals surface area contributed by atoms with Crippen molar-refractivity contribution in [1.29, 1.82) is 0 Å². The van der Waals surface area contributed by atoms with E-state index in [1.807, 2.05) is 21.1 Å². The molecule has 0 heterocycles. The third-order valence-electron chi connectivity index (χ3n) is 6.40. The van der Waals surface area contributed by atoms with Crippen LogP contribution in [0.15, 0.2) is 36.5 Å². The Morgan fingerprint density at radius 1 is 0.756 bits per heavy atom. The first-order valence-electron chi connectivity index (χ1n) is 15.8. The van der Waals surface area contributed by atoms with Crippen molar-refractivity contribution in [2.24, 2.45) is 0 Å². The molecule has 0 aliphatic heterocycles. The molecule has 0 bridgehead atoms. The Labute approximate surface area is 251 Å². The zero-order chi connectivity index (χ0) is 30.7. The summed E-state index contributed by atoms with van der Waals surface area (Å²) in [5.41, 5.74) is 0. The van der Waals surface area contributed by atoms with Gasteiger partial charge in [-0.1, -0.05) is 94.7 Å². The first kappa shape index (κ1) is 39.7. The van der Waals surface area contributed by atoms with Crippen LogP contribution in [-0.2, 0) is 23.1 Å². The molecular formula is C32H61NO7P+. The fourth-order valence-electron chi connectivity index (χ4n) is 3.84. The summed E-state index contributed by atoms with van der Waals surface area (Å²) in [6.45, 7) is 2.10. The number of nitrogens with zero attached hydrogens (tertiary/aromatic N) is 1. The fourth-order valence-corrected chi connectivity index (χ4v) is 4.59. The minimum Gasteiger partial charge on any atom is -0.463 e. The van der Waals surface area contributed by atoms with Crippen molar-refractivity contribution in [1.82, 2.24) is 0 Å². The highest BCUT2D eigenvalue weighted by atomic mass is 31.2. The van der Waals surface area contributed by atoms with Crippen LogP contribution in [0, 0.1) is 0 Å². The van der Waals surface area contributed by atoms with Crippen molar-refractivity contribution in [3.8, 4) is 0 Å². The molecule has 0 aliphatic carbocycles. The molecule has 0 fully saturated rings. The van der Waals surface area contributed by atoms with Gasteiger partial charge in [0.2, 0.25) is 0 Å². The average Bonchev–Trinajstić information content (AvgIpc) is 2.90. The van der Waals surface area contributed by atoms with Gasteiger partial charge in [0.05, 0.1) is 27.7 Å². The van der Waals surface area contributed by atoms with Gasteiger partial charge in [-0.2, -0.15) is 0 Å². The number of aliphatic hydroxyl groups is 1. The molecule has 2 N–H and O–H groups in total. The molecule has 0 saturated heterocycles. The number of hydrogen-bond donors (Lipinski definition) is 2. The van der Waals surface area contributed by atoms with E-state index in [0.717, 1.165) is 44.9 Å². The number of quaternary nitrogens is 1. The van der Waals surface area contributed by atoms with Crippen molar-refractivity contribution in [3.05, 3.63) is 36.5 Å². The summed E-state index contributed by atoms with van der Waals surface area (Å²) in [6.07, 6.45) is 30.1. The number of phosphoric ester groups is 1. The Hall–Kier alpha value is -1.28. The predicted octanol–water partition coefficient (Wildman–Crippen LogP) is 7.66. The molecule has 2 atom stereocenters. The van der Waals surface area contributed by atoms with Gasteiger partial charge in [0, 0.05) is 6.42 Å². The maximum Gasteiger partial charge on any atom is 0.472 e. The van der Waals surface area contributed by atoms with E-state index >= 15 is 0 Å². The highest BCUT2D eigenvalue weighted by Crippen LogP contribution is 2.43. The number of esters is 1. The second-order valence-corrected chi connectivity index (χ2v) is 13.2. The molecule has 0 rings (SSSR count). The monoisotopic (exact) mass is 602 g/mol. The van der Waals surface area contributed by atoms with Crippen molar-refractivity contribution in [3.63, 3.8) is 0 Å². The molecule has 41 heavy (non-hydrogen) atoms. The number of carbonyl (C=O) groups is 1. The van der Waals surface area contributed by atoms with Gasteiger partial charge in [-0.25, -0.2) is 4.57 Å². The minimum absolute atomic E-state index is 0.0506. The van der Waals surface area contributed by atoms with Crippen LogP contribution >= 0.6 is 7.82 Å². The topological polar surface area (TPSA) is 102 Å². The fraction of sp³-hybridized carbons (Fsp3) is 0.781. The molecule has 0 aliphatic rings. The molecule has 0 radical (unpaired) electrons. The molecule has 0 aromatic rings. The summed E-state index contributed by atoms with van der Waals surface area (Å²) in [4.78, 5) is 21.5. The Balaban J connectivity index is 3.58. The SMILES string of the molecule is CCCCCCC/C=C\C/C=C\C/C=C\CCCCCCCCC(=O)OCC(O)COP(=O)(O)OCC[N+](C)(C)C. The quantitative estimate of drug-likeness (QED) is 0.0312. The van der Waals surface area contributed by atoms with E-state index in [9.17, 15) is 19.4 Å². The molecular weight excluding hydrogens is 541 g/mol. The Kier molecular flexibility index (Phi) is 25.5. The van der Waals surface area contributed by atoms with Crippen LogP contribution in [-0.4, -0.2) is 74.1 Å². The second-order valence-electron chi connectivity index (χ2n) is 11.7. The van der Waals surface area contributed by atoms with Gasteiger partial charge in [0.1, 0.15) is 25.9 Å². The molecule has 0 amide bonds. The van der Waals surface area contributed by atoms with Crippen LogP contribution in [0.5, 0.6) is 0 Å². The number of phosphoric acid groups is 1. The van der Waals surface area contributed by atoms with Crippen LogP contribution in [0.1, 0.15) is 110 Å². The molecule has 2 unspecified atom stereocenters. The first-order chi connectivity index (χ1) is 19.6. The lowest BCUT2D eigenvalue weighted by atomic mass is 10.1. The van der Waals surface area contributed by atoms with Crippen molar-refractivity contribution in [2.45, 2.75) is 116 Å². The maximum absolute atomic E-state index is 11.9. The molecule has 240 valence electrons. The molecule has 0 aromatic heterocycles. The number of allylic oxidation sites excluding steroid dienone is 6. The maximum atomic E-state index is 11.9. The van der Waals surface area contributed by atoms with Crippen LogP contribution in [0.4, 0.5) is 0 Å². The average molecular weight is 603 g/mol. The largest absolute Gasteiger partial charge is 0.472 e. The van der Waals surface area contributed by atoms with Crippen molar-refractivity contribution >= 4 is 13.8 Å². The third kappa shape index (κ3) is 31.5. The van der Waals surface area contributed by atoms with Gasteiger partial charge in [-0.3, -0.25) is 13.8 Å². The first-order valence-corrected chi connectivity index (χ1v) is 17.3. The van der Waals surface area contributed by atoms with Gasteiger partial charge < -0.3 is 19.2 Å². The summed E-state index contributed by atoms with van der Waals surface area (Å²) in [7, 11) is 1.55. The summed E-state index contributed by atoms with van der Waals surface area (Å²) < 4.78 is 27.1. The summed E-state index contributed by atoms with van der Waals surface area (Å²) in [5, 5.41) is 9.86. The van der Waals surface area contributed by atoms with E-state index in [1.165, 1.54) is 51.4 Å². The van der Waals surface area contributed by atoms with Crippen LogP contribution in [0.3, 0.4) is 0 Å². The highest BCUT2D eigenvalue weighted by molar-refractivity contribution is 7.47. The lowest BCUT2D eigenvalue weighted by Crippen LogP contribution is -2.37. The molecule has 0 spiro atoms. The van der Waals surface area contributed by atoms with Gasteiger partial charge >= 0.3 is 13.8 Å². The lowest BCUT2D eigenvalue weighted by molar-refractivity contribution is -0.870. The molecule has 9 heteroatoms. The Morgan fingerprint density at radius 2 is 1.27 bits per heavy atom. The number of likely N-dealkylation sites (N-methyl/N-ethyl adjacent to an activating group) is 1. The van der Waals surface area contributed by atoms with Crippen LogP contribution in [0.2, 0.25) is 0 Å². The number of hydrogen-bond acceptors (Lipinski definition) is 6. The molecule has 8 nitrogen and oxygen atoms in total. The third-order valence-corrected chi connectivity index (χ3v) is 7.39. The van der Waals surface area contributed by atoms with E-state index in [2.05, 4.69) is 43.4 Å². The molecule has 0 aromatic carbocycles. The standard InChI is InChI=1S/C32H60NO7P/c1-5-6-7-8-9-10-11-12-13-14-15-16-17-18-19-20-21-22-23-24-25-26-32(35)38-29-31(34)30-40-41(36,37)39-28-27-33(2,3)4/h11-12,14-15,17-18,31,34H,5-10,13,16,19-30H2,1-4H3/p+1/b12-11-,15-14-,18-17-. The smallest absolute Gasteiger partial charge is 0.463 e. The summed E-state index contributed by atoms with van der Waals surface area (Å²) in [5.74, 6) is -0.386. The second kappa shape index (κ2) is 26.4. The summed E-state index contributed by atoms with van der Waals surface area (Å²) in [6, 6.07) is 0. The van der Waals surface area contributed by atoms with Gasteiger partial charge in [0.15, 0.2) is 0 Å². The predicted molar refractivity (Wildman–Crippen MR) is 169 cm³/mol. The highest BCUT2D eigenvalue weighted by Gasteiger charge is 2.24. The number of unbranched alkanes of at least 4 members (excludes halogenated alkanes) is 11. The number of ether oxygens (including phenoxy) is 1. The zero-order valence-electron chi connectivity index (χ0n) is 26.5. The van der Waals surface area contributed by atoms with Gasteiger partial charge in [-0.05, 0) is 44.9 Å². The zero-order valence-corrected chi connectivity index (χ0v) is 27.4. The van der Waals surface area contributed by atoms with Crippen molar-refractivity contribution < 1.29 is 37.6 Å². The van der Waals surface area contributed by atoms with Crippen LogP contribution < -0.4 is 0 Å². The van der Waals surface area contributed by atoms with E-state index in [1.54, 1.807) is 0 Å². The van der Waals surface area contributed by atoms with E-state index in [0.29, 0.717) is 17.4 Å². The lowest BCUT2D eigenvalue weighted by Gasteiger charge is -2.24. The van der Waals surface area contributed by atoms with Crippen LogP contribution in [0.25, 0.3) is 0 Å². The van der Waals surface area contributed by atoms with Gasteiger partial charge in [-0.15, -0.1) is 0 Å². The van der Waals surface area contributed by atoms with E-state index in [-0.39, 0.29) is 19.2 Å². The summed E-state index contributed by atoms with van der Waals surface area (Å²) >= 11 is 0. The number of rotatable bonds is 28. The normalized spacial score (nSPS) is 14.8. The number of carbonyl (C=O) groups excluding carboxylic acids is 1. The number of aliphatic hydroxyl groups excluding tert-OH is 1. The minimum atomic E-state index is -4.25.